The molecule has 0 fully saturated rings. The normalized spacial score (nSPS) is 12.7. The van der Waals surface area contributed by atoms with Crippen molar-refractivity contribution in [3.63, 3.8) is 0 Å². The zero-order valence-corrected chi connectivity index (χ0v) is 9.96. The van der Waals surface area contributed by atoms with E-state index in [1.54, 1.807) is 11.8 Å². The number of ether oxygens (including phenoxy) is 1. The van der Waals surface area contributed by atoms with Crippen molar-refractivity contribution in [1.29, 1.82) is 0 Å². The maximum Gasteiger partial charge on any atom is 0.187 e. The molecule has 0 amide bonds. The standard InChI is InChI=1S/C10H17N3OS/c1-3-14-9(4-11)7-15-10-12-5-8(2)6-13-10/h5-6,9H,3-4,7,11H2,1-2H3. The van der Waals surface area contributed by atoms with Crippen LogP contribution in [0.15, 0.2) is 17.6 Å². The monoisotopic (exact) mass is 227 g/mol. The van der Waals surface area contributed by atoms with Gasteiger partial charge >= 0.3 is 0 Å². The minimum absolute atomic E-state index is 0.0879. The van der Waals surface area contributed by atoms with E-state index in [9.17, 15) is 0 Å². The predicted octanol–water partition coefficient (Wildman–Crippen LogP) is 1.24. The average Bonchev–Trinajstić information content (AvgIpc) is 2.26. The molecule has 4 nitrogen and oxygen atoms in total. The van der Waals surface area contributed by atoms with E-state index in [4.69, 9.17) is 10.5 Å². The molecular formula is C10H17N3OS. The number of rotatable bonds is 6. The molecule has 0 radical (unpaired) electrons. The van der Waals surface area contributed by atoms with E-state index in [0.717, 1.165) is 16.5 Å². The number of aromatic nitrogens is 2. The highest BCUT2D eigenvalue weighted by Crippen LogP contribution is 2.14. The molecule has 0 bridgehead atoms. The maximum atomic E-state index is 5.57. The van der Waals surface area contributed by atoms with Crippen LogP contribution in [0.25, 0.3) is 0 Å². The molecule has 1 heterocycles. The average molecular weight is 227 g/mol. The summed E-state index contributed by atoms with van der Waals surface area (Å²) in [6.07, 6.45) is 3.71. The van der Waals surface area contributed by atoms with Crippen LogP contribution in [0.4, 0.5) is 0 Å². The van der Waals surface area contributed by atoms with Crippen LogP contribution < -0.4 is 5.73 Å². The first-order valence-electron chi connectivity index (χ1n) is 4.99. The third-order valence-corrected chi connectivity index (χ3v) is 2.83. The zero-order valence-electron chi connectivity index (χ0n) is 9.14. The molecule has 1 aromatic heterocycles. The lowest BCUT2D eigenvalue weighted by Gasteiger charge is -2.13. The van der Waals surface area contributed by atoms with E-state index >= 15 is 0 Å². The highest BCUT2D eigenvalue weighted by molar-refractivity contribution is 7.99. The highest BCUT2D eigenvalue weighted by Gasteiger charge is 2.07. The first-order valence-corrected chi connectivity index (χ1v) is 5.98. The molecule has 0 saturated heterocycles. The fourth-order valence-corrected chi connectivity index (χ4v) is 1.86. The van der Waals surface area contributed by atoms with Gasteiger partial charge in [0, 0.05) is 31.3 Å². The van der Waals surface area contributed by atoms with Crippen molar-refractivity contribution in [2.45, 2.75) is 25.1 Å². The number of nitrogens with zero attached hydrogens (tertiary/aromatic N) is 2. The Kier molecular flexibility index (Phi) is 5.60. The number of hydrogen-bond acceptors (Lipinski definition) is 5. The summed E-state index contributed by atoms with van der Waals surface area (Å²) in [5.41, 5.74) is 6.64. The quantitative estimate of drug-likeness (QED) is 0.585. The van der Waals surface area contributed by atoms with E-state index in [2.05, 4.69) is 9.97 Å². The summed E-state index contributed by atoms with van der Waals surface area (Å²) < 4.78 is 5.44. The van der Waals surface area contributed by atoms with Gasteiger partial charge in [0.25, 0.3) is 0 Å². The second-order valence-corrected chi connectivity index (χ2v) is 4.15. The van der Waals surface area contributed by atoms with Gasteiger partial charge in [0.15, 0.2) is 5.16 Å². The van der Waals surface area contributed by atoms with Gasteiger partial charge in [-0.15, -0.1) is 0 Å². The van der Waals surface area contributed by atoms with Gasteiger partial charge < -0.3 is 10.5 Å². The fraction of sp³-hybridized carbons (Fsp3) is 0.600. The lowest BCUT2D eigenvalue weighted by atomic mass is 10.4. The number of thioether (sulfide) groups is 1. The van der Waals surface area contributed by atoms with E-state index in [1.165, 1.54) is 0 Å². The van der Waals surface area contributed by atoms with Gasteiger partial charge in [0.1, 0.15) is 0 Å². The highest BCUT2D eigenvalue weighted by atomic mass is 32.2. The van der Waals surface area contributed by atoms with Crippen LogP contribution in [0.3, 0.4) is 0 Å². The van der Waals surface area contributed by atoms with Crippen LogP contribution in [-0.4, -0.2) is 35.0 Å². The largest absolute Gasteiger partial charge is 0.376 e. The van der Waals surface area contributed by atoms with E-state index in [-0.39, 0.29) is 6.10 Å². The van der Waals surface area contributed by atoms with Crippen LogP contribution in [0.1, 0.15) is 12.5 Å². The number of aryl methyl sites for hydroxylation is 1. The van der Waals surface area contributed by atoms with Crippen LogP contribution >= 0.6 is 11.8 Å². The molecule has 0 aliphatic heterocycles. The Hall–Kier alpha value is -0.650. The molecule has 1 atom stereocenters. The summed E-state index contributed by atoms with van der Waals surface area (Å²) in [5.74, 6) is 0.799. The van der Waals surface area contributed by atoms with Crippen molar-refractivity contribution < 1.29 is 4.74 Å². The van der Waals surface area contributed by atoms with Gasteiger partial charge in [-0.25, -0.2) is 9.97 Å². The Bertz CT molecular complexity index is 279. The minimum Gasteiger partial charge on any atom is -0.376 e. The van der Waals surface area contributed by atoms with Crippen molar-refractivity contribution in [2.24, 2.45) is 5.73 Å². The summed E-state index contributed by atoms with van der Waals surface area (Å²) in [6.45, 7) is 5.16. The summed E-state index contributed by atoms with van der Waals surface area (Å²) >= 11 is 1.57. The molecule has 1 aromatic rings. The molecular weight excluding hydrogens is 210 g/mol. The summed E-state index contributed by atoms with van der Waals surface area (Å²) in [7, 11) is 0. The predicted molar refractivity (Wildman–Crippen MR) is 62.0 cm³/mol. The second kappa shape index (κ2) is 6.76. The number of hydrogen-bond donors (Lipinski definition) is 1. The fourth-order valence-electron chi connectivity index (χ4n) is 1.04. The van der Waals surface area contributed by atoms with Crippen molar-refractivity contribution in [3.8, 4) is 0 Å². The smallest absolute Gasteiger partial charge is 0.187 e. The van der Waals surface area contributed by atoms with E-state index < -0.39 is 0 Å². The van der Waals surface area contributed by atoms with Crippen molar-refractivity contribution in [2.75, 3.05) is 18.9 Å². The molecule has 0 aliphatic carbocycles. The van der Waals surface area contributed by atoms with Crippen LogP contribution in [0, 0.1) is 6.92 Å². The van der Waals surface area contributed by atoms with Gasteiger partial charge in [0.2, 0.25) is 0 Å². The van der Waals surface area contributed by atoms with Crippen molar-refractivity contribution >= 4 is 11.8 Å². The van der Waals surface area contributed by atoms with E-state index in [1.807, 2.05) is 26.2 Å². The van der Waals surface area contributed by atoms with Crippen molar-refractivity contribution in [3.05, 3.63) is 18.0 Å². The van der Waals surface area contributed by atoms with Crippen LogP contribution in [-0.2, 0) is 4.74 Å². The molecule has 0 aromatic carbocycles. The zero-order chi connectivity index (χ0) is 11.1. The maximum absolute atomic E-state index is 5.57. The lowest BCUT2D eigenvalue weighted by molar-refractivity contribution is 0.0858. The molecule has 0 spiro atoms. The van der Waals surface area contributed by atoms with Gasteiger partial charge in [-0.2, -0.15) is 0 Å². The molecule has 5 heteroatoms. The Morgan fingerprint density at radius 1 is 1.47 bits per heavy atom. The third kappa shape index (κ3) is 4.59. The van der Waals surface area contributed by atoms with Gasteiger partial charge in [-0.05, 0) is 19.4 Å². The molecule has 2 N–H and O–H groups in total. The SMILES string of the molecule is CCOC(CN)CSc1ncc(C)cn1. The van der Waals surface area contributed by atoms with Gasteiger partial charge in [-0.1, -0.05) is 11.8 Å². The van der Waals surface area contributed by atoms with Gasteiger partial charge in [0.05, 0.1) is 6.10 Å². The van der Waals surface area contributed by atoms with Crippen LogP contribution in [0.2, 0.25) is 0 Å². The third-order valence-electron chi connectivity index (χ3n) is 1.82. The molecule has 0 aliphatic rings. The van der Waals surface area contributed by atoms with Crippen molar-refractivity contribution in [1.82, 2.24) is 9.97 Å². The summed E-state index contributed by atoms with van der Waals surface area (Å²) in [5, 5.41) is 0.777. The Labute approximate surface area is 94.6 Å². The Morgan fingerprint density at radius 3 is 2.67 bits per heavy atom. The lowest BCUT2D eigenvalue weighted by Crippen LogP contribution is -2.26. The number of nitrogens with two attached hydrogens (primary N) is 1. The van der Waals surface area contributed by atoms with E-state index in [0.29, 0.717) is 13.2 Å². The van der Waals surface area contributed by atoms with Crippen LogP contribution in [0.5, 0.6) is 0 Å². The summed E-state index contributed by atoms with van der Waals surface area (Å²) in [4.78, 5) is 8.40. The molecule has 0 saturated carbocycles. The minimum atomic E-state index is 0.0879. The second-order valence-electron chi connectivity index (χ2n) is 3.17. The topological polar surface area (TPSA) is 61.0 Å². The summed E-state index contributed by atoms with van der Waals surface area (Å²) in [6, 6.07) is 0. The molecule has 1 unspecified atom stereocenters. The first kappa shape index (κ1) is 12.4. The Morgan fingerprint density at radius 2 is 2.13 bits per heavy atom. The molecule has 1 rings (SSSR count). The first-order chi connectivity index (χ1) is 7.26. The Balaban J connectivity index is 2.38. The molecule has 84 valence electrons. The van der Waals surface area contributed by atoms with Gasteiger partial charge in [-0.3, -0.25) is 0 Å². The molecule has 15 heavy (non-hydrogen) atoms.